The first-order valence-corrected chi connectivity index (χ1v) is 8.43. The standard InChI is InChI=1S/C17H23N5O/c1-12-19-14-11-21(2)9-7-13(14)17(20-12)15-6-8-18-22(15)16-5-3-4-10-23-16/h6,8,16H,3-5,7,9-11H2,1-2H3. The van der Waals surface area contributed by atoms with Gasteiger partial charge in [0.25, 0.3) is 0 Å². The van der Waals surface area contributed by atoms with Crippen molar-refractivity contribution in [3.05, 3.63) is 29.3 Å². The molecule has 0 radical (unpaired) electrons. The second-order valence-electron chi connectivity index (χ2n) is 6.51. The van der Waals surface area contributed by atoms with Gasteiger partial charge in [0.1, 0.15) is 5.82 Å². The van der Waals surface area contributed by atoms with Crippen molar-refractivity contribution in [2.75, 3.05) is 20.2 Å². The Hall–Kier alpha value is -1.79. The number of likely N-dealkylation sites (N-methyl/N-ethyl adjacent to an activating group) is 1. The number of hydrogen-bond acceptors (Lipinski definition) is 5. The van der Waals surface area contributed by atoms with Gasteiger partial charge in [-0.25, -0.2) is 14.6 Å². The second kappa shape index (κ2) is 6.02. The summed E-state index contributed by atoms with van der Waals surface area (Å²) < 4.78 is 7.94. The highest BCUT2D eigenvalue weighted by molar-refractivity contribution is 5.61. The molecule has 2 aliphatic heterocycles. The van der Waals surface area contributed by atoms with Gasteiger partial charge in [-0.05, 0) is 45.7 Å². The molecular formula is C17H23N5O. The Balaban J connectivity index is 1.78. The van der Waals surface area contributed by atoms with Crippen LogP contribution in [0.5, 0.6) is 0 Å². The van der Waals surface area contributed by atoms with Crippen LogP contribution < -0.4 is 0 Å². The van der Waals surface area contributed by atoms with Gasteiger partial charge in [-0.1, -0.05) is 0 Å². The lowest BCUT2D eigenvalue weighted by Crippen LogP contribution is -2.29. The maximum atomic E-state index is 5.92. The van der Waals surface area contributed by atoms with E-state index in [0.29, 0.717) is 0 Å². The lowest BCUT2D eigenvalue weighted by molar-refractivity contribution is -0.0384. The number of aryl methyl sites for hydroxylation is 1. The molecule has 6 heteroatoms. The summed E-state index contributed by atoms with van der Waals surface area (Å²) in [5, 5.41) is 4.53. The molecular weight excluding hydrogens is 290 g/mol. The van der Waals surface area contributed by atoms with E-state index >= 15 is 0 Å². The molecule has 0 amide bonds. The highest BCUT2D eigenvalue weighted by Crippen LogP contribution is 2.31. The summed E-state index contributed by atoms with van der Waals surface area (Å²) in [6.07, 6.45) is 6.22. The van der Waals surface area contributed by atoms with Crippen LogP contribution in [0.15, 0.2) is 12.3 Å². The minimum Gasteiger partial charge on any atom is -0.356 e. The fourth-order valence-electron chi connectivity index (χ4n) is 3.54. The SMILES string of the molecule is Cc1nc2c(c(-c3ccnn3C3CCCCO3)n1)CCN(C)C2. The topological polar surface area (TPSA) is 56.1 Å². The number of ether oxygens (including phenoxy) is 1. The van der Waals surface area contributed by atoms with Crippen molar-refractivity contribution in [3.63, 3.8) is 0 Å². The van der Waals surface area contributed by atoms with Crippen molar-refractivity contribution in [1.82, 2.24) is 24.6 Å². The molecule has 6 nitrogen and oxygen atoms in total. The first kappa shape index (κ1) is 14.8. The van der Waals surface area contributed by atoms with Crippen LogP contribution in [0.1, 0.15) is 42.6 Å². The third-order valence-electron chi connectivity index (χ3n) is 4.71. The van der Waals surface area contributed by atoms with E-state index in [1.807, 2.05) is 17.8 Å². The van der Waals surface area contributed by atoms with Crippen molar-refractivity contribution in [2.24, 2.45) is 0 Å². The molecule has 0 aliphatic carbocycles. The third-order valence-corrected chi connectivity index (χ3v) is 4.71. The Kier molecular flexibility index (Phi) is 3.87. The highest BCUT2D eigenvalue weighted by atomic mass is 16.5. The van der Waals surface area contributed by atoms with Crippen LogP contribution >= 0.6 is 0 Å². The molecule has 122 valence electrons. The van der Waals surface area contributed by atoms with Crippen molar-refractivity contribution < 1.29 is 4.74 Å². The van der Waals surface area contributed by atoms with Crippen molar-refractivity contribution in [3.8, 4) is 11.4 Å². The molecule has 0 spiro atoms. The highest BCUT2D eigenvalue weighted by Gasteiger charge is 2.25. The second-order valence-corrected chi connectivity index (χ2v) is 6.51. The van der Waals surface area contributed by atoms with E-state index in [1.54, 1.807) is 0 Å². The van der Waals surface area contributed by atoms with E-state index in [-0.39, 0.29) is 6.23 Å². The first-order chi connectivity index (χ1) is 11.2. The van der Waals surface area contributed by atoms with Gasteiger partial charge >= 0.3 is 0 Å². The zero-order valence-electron chi connectivity index (χ0n) is 13.8. The van der Waals surface area contributed by atoms with E-state index in [2.05, 4.69) is 28.1 Å². The molecule has 1 fully saturated rings. The molecule has 0 N–H and O–H groups in total. The Labute approximate surface area is 136 Å². The number of hydrogen-bond donors (Lipinski definition) is 0. The largest absolute Gasteiger partial charge is 0.356 e. The van der Waals surface area contributed by atoms with Gasteiger partial charge in [0.05, 0.1) is 17.1 Å². The third kappa shape index (κ3) is 2.77. The van der Waals surface area contributed by atoms with Crippen LogP contribution in [-0.2, 0) is 17.7 Å². The quantitative estimate of drug-likeness (QED) is 0.852. The number of fused-ring (bicyclic) bond motifs is 1. The molecule has 0 saturated carbocycles. The average Bonchev–Trinajstić information content (AvgIpc) is 3.04. The van der Waals surface area contributed by atoms with E-state index in [9.17, 15) is 0 Å². The van der Waals surface area contributed by atoms with Crippen molar-refractivity contribution >= 4 is 0 Å². The Morgan fingerprint density at radius 3 is 3.00 bits per heavy atom. The van der Waals surface area contributed by atoms with Crippen LogP contribution in [0.2, 0.25) is 0 Å². The maximum Gasteiger partial charge on any atom is 0.150 e. The predicted octanol–water partition coefficient (Wildman–Crippen LogP) is 2.34. The van der Waals surface area contributed by atoms with Crippen LogP contribution in [-0.4, -0.2) is 44.8 Å². The molecule has 2 aromatic heterocycles. The van der Waals surface area contributed by atoms with Crippen LogP contribution in [0, 0.1) is 6.92 Å². The summed E-state index contributed by atoms with van der Waals surface area (Å²) in [7, 11) is 2.14. The minimum atomic E-state index is 0.0333. The Morgan fingerprint density at radius 2 is 2.17 bits per heavy atom. The predicted molar refractivity (Wildman–Crippen MR) is 86.9 cm³/mol. The van der Waals surface area contributed by atoms with Gasteiger partial charge in [-0.15, -0.1) is 0 Å². The number of nitrogens with zero attached hydrogens (tertiary/aromatic N) is 5. The van der Waals surface area contributed by atoms with E-state index in [4.69, 9.17) is 9.72 Å². The van der Waals surface area contributed by atoms with Crippen LogP contribution in [0.4, 0.5) is 0 Å². The van der Waals surface area contributed by atoms with E-state index < -0.39 is 0 Å². The summed E-state index contributed by atoms with van der Waals surface area (Å²) >= 11 is 0. The molecule has 0 bridgehead atoms. The lowest BCUT2D eigenvalue weighted by atomic mass is 10.0. The Morgan fingerprint density at radius 1 is 1.26 bits per heavy atom. The molecule has 2 aliphatic rings. The summed E-state index contributed by atoms with van der Waals surface area (Å²) in [6.45, 7) is 4.71. The van der Waals surface area contributed by atoms with E-state index in [1.165, 1.54) is 12.0 Å². The Bertz CT molecular complexity index is 705. The molecule has 4 rings (SSSR count). The summed E-state index contributed by atoms with van der Waals surface area (Å²) in [4.78, 5) is 11.7. The van der Waals surface area contributed by atoms with Gasteiger partial charge in [0.15, 0.2) is 6.23 Å². The van der Waals surface area contributed by atoms with Gasteiger partial charge < -0.3 is 9.64 Å². The molecule has 2 aromatic rings. The van der Waals surface area contributed by atoms with Crippen LogP contribution in [0.3, 0.4) is 0 Å². The normalized spacial score (nSPS) is 22.1. The zero-order chi connectivity index (χ0) is 15.8. The van der Waals surface area contributed by atoms with Crippen LogP contribution in [0.25, 0.3) is 11.4 Å². The number of rotatable bonds is 2. The monoisotopic (exact) mass is 313 g/mol. The minimum absolute atomic E-state index is 0.0333. The van der Waals surface area contributed by atoms with Gasteiger partial charge in [0.2, 0.25) is 0 Å². The maximum absolute atomic E-state index is 5.92. The summed E-state index contributed by atoms with van der Waals surface area (Å²) in [5.74, 6) is 0.825. The fourth-order valence-corrected chi connectivity index (χ4v) is 3.54. The molecule has 1 atom stereocenters. The zero-order valence-corrected chi connectivity index (χ0v) is 13.8. The summed E-state index contributed by atoms with van der Waals surface area (Å²) in [5.41, 5.74) is 4.51. The lowest BCUT2D eigenvalue weighted by Gasteiger charge is -2.27. The molecule has 1 saturated heterocycles. The number of aromatic nitrogens is 4. The van der Waals surface area contributed by atoms with E-state index in [0.717, 1.165) is 61.9 Å². The van der Waals surface area contributed by atoms with Crippen molar-refractivity contribution in [1.29, 1.82) is 0 Å². The first-order valence-electron chi connectivity index (χ1n) is 8.43. The molecule has 1 unspecified atom stereocenters. The molecule has 4 heterocycles. The van der Waals surface area contributed by atoms with Crippen molar-refractivity contribution in [2.45, 2.75) is 45.4 Å². The smallest absolute Gasteiger partial charge is 0.150 e. The fraction of sp³-hybridized carbons (Fsp3) is 0.588. The van der Waals surface area contributed by atoms with Gasteiger partial charge in [0, 0.05) is 31.5 Å². The van der Waals surface area contributed by atoms with Gasteiger partial charge in [-0.3, -0.25) is 0 Å². The molecule has 0 aromatic carbocycles. The summed E-state index contributed by atoms with van der Waals surface area (Å²) in [6, 6.07) is 2.05. The van der Waals surface area contributed by atoms with Gasteiger partial charge in [-0.2, -0.15) is 5.10 Å². The molecule has 23 heavy (non-hydrogen) atoms. The average molecular weight is 313 g/mol.